The third-order valence-electron chi connectivity index (χ3n) is 4.42. The van der Waals surface area contributed by atoms with Gasteiger partial charge < -0.3 is 4.42 Å². The van der Waals surface area contributed by atoms with Crippen molar-refractivity contribution in [1.29, 1.82) is 0 Å². The third kappa shape index (κ3) is 2.16. The summed E-state index contributed by atoms with van der Waals surface area (Å²) >= 11 is 0. The Labute approximate surface area is 108 Å². The monoisotopic (exact) mass is 244 g/mol. The molecule has 0 amide bonds. The minimum Gasteiger partial charge on any atom is -0.462 e. The lowest BCUT2D eigenvalue weighted by molar-refractivity contribution is -0.119. The maximum Gasteiger partial charge on any atom is 0.162 e. The van der Waals surface area contributed by atoms with Crippen LogP contribution in [-0.4, -0.2) is 5.78 Å². The van der Waals surface area contributed by atoms with Gasteiger partial charge in [0.25, 0.3) is 0 Å². The van der Waals surface area contributed by atoms with Gasteiger partial charge in [0.1, 0.15) is 11.5 Å². The molecular weight excluding hydrogens is 224 g/mol. The Bertz CT molecular complexity index is 475. The van der Waals surface area contributed by atoms with Crippen LogP contribution in [0.15, 0.2) is 22.1 Å². The summed E-state index contributed by atoms with van der Waals surface area (Å²) in [7, 11) is 0. The number of carbonyl (C=O) groups excluding carboxylic acids is 1. The minimum absolute atomic E-state index is 0.301. The van der Waals surface area contributed by atoms with Gasteiger partial charge in [-0.25, -0.2) is 0 Å². The molecule has 1 aromatic heterocycles. The molecule has 0 saturated heterocycles. The van der Waals surface area contributed by atoms with Crippen molar-refractivity contribution >= 4 is 11.9 Å². The van der Waals surface area contributed by atoms with Gasteiger partial charge in [-0.2, -0.15) is 0 Å². The number of Topliss-reactive ketones (excluding diaryl/α,β-unsaturated/α-hetero) is 1. The van der Waals surface area contributed by atoms with E-state index in [1.165, 1.54) is 25.7 Å². The van der Waals surface area contributed by atoms with E-state index in [0.717, 1.165) is 29.9 Å². The molecule has 1 heterocycles. The highest BCUT2D eigenvalue weighted by Gasteiger charge is 2.36. The molecule has 18 heavy (non-hydrogen) atoms. The second-order valence-corrected chi connectivity index (χ2v) is 5.67. The largest absolute Gasteiger partial charge is 0.462 e. The van der Waals surface area contributed by atoms with Gasteiger partial charge in [0.05, 0.1) is 0 Å². The van der Waals surface area contributed by atoms with Gasteiger partial charge in [-0.05, 0) is 62.3 Å². The van der Waals surface area contributed by atoms with Crippen LogP contribution in [-0.2, 0) is 4.79 Å². The molecule has 0 aliphatic heterocycles. The topological polar surface area (TPSA) is 30.2 Å². The Kier molecular flexibility index (Phi) is 3.11. The standard InChI is InChI=1S/C16H20O2/c1-11-6-8-14(18-11)10-13-7-9-15(16(13)17)12-4-2-3-5-12/h6,8,10,12,15H,2-5,7,9H2,1H3. The van der Waals surface area contributed by atoms with Crippen LogP contribution < -0.4 is 0 Å². The molecule has 96 valence electrons. The van der Waals surface area contributed by atoms with Crippen LogP contribution in [0.2, 0.25) is 0 Å². The smallest absolute Gasteiger partial charge is 0.162 e. The number of furan rings is 1. The molecule has 1 unspecified atom stereocenters. The van der Waals surface area contributed by atoms with Crippen LogP contribution >= 0.6 is 0 Å². The summed E-state index contributed by atoms with van der Waals surface area (Å²) < 4.78 is 5.53. The van der Waals surface area contributed by atoms with Gasteiger partial charge in [0.15, 0.2) is 5.78 Å². The molecule has 2 aliphatic carbocycles. The van der Waals surface area contributed by atoms with Crippen LogP contribution in [0.1, 0.15) is 50.0 Å². The normalized spacial score (nSPS) is 27.5. The first-order chi connectivity index (χ1) is 8.74. The van der Waals surface area contributed by atoms with E-state index in [2.05, 4.69) is 0 Å². The predicted molar refractivity (Wildman–Crippen MR) is 71.1 cm³/mol. The summed E-state index contributed by atoms with van der Waals surface area (Å²) in [6.07, 6.45) is 9.06. The summed E-state index contributed by atoms with van der Waals surface area (Å²) in [5.74, 6) is 3.06. The van der Waals surface area contributed by atoms with Crippen molar-refractivity contribution in [3.05, 3.63) is 29.2 Å². The number of allylic oxidation sites excluding steroid dienone is 1. The second-order valence-electron chi connectivity index (χ2n) is 5.67. The maximum atomic E-state index is 12.4. The average Bonchev–Trinajstić information content (AvgIpc) is 3.04. The number of aryl methyl sites for hydroxylation is 1. The van der Waals surface area contributed by atoms with E-state index >= 15 is 0 Å². The van der Waals surface area contributed by atoms with E-state index in [-0.39, 0.29) is 0 Å². The van der Waals surface area contributed by atoms with E-state index in [4.69, 9.17) is 4.42 Å². The van der Waals surface area contributed by atoms with Gasteiger partial charge >= 0.3 is 0 Å². The van der Waals surface area contributed by atoms with Crippen LogP contribution in [0, 0.1) is 18.8 Å². The molecular formula is C16H20O2. The summed E-state index contributed by atoms with van der Waals surface area (Å²) in [5.41, 5.74) is 0.973. The Morgan fingerprint density at radius 2 is 2.00 bits per heavy atom. The molecule has 0 N–H and O–H groups in total. The summed E-state index contributed by atoms with van der Waals surface area (Å²) in [6, 6.07) is 3.89. The zero-order valence-electron chi connectivity index (χ0n) is 10.9. The summed E-state index contributed by atoms with van der Waals surface area (Å²) in [6.45, 7) is 1.93. The van der Waals surface area contributed by atoms with Crippen LogP contribution in [0.5, 0.6) is 0 Å². The van der Waals surface area contributed by atoms with Gasteiger partial charge in [0.2, 0.25) is 0 Å². The van der Waals surface area contributed by atoms with E-state index in [1.807, 2.05) is 25.1 Å². The van der Waals surface area contributed by atoms with Gasteiger partial charge in [-0.15, -0.1) is 0 Å². The van der Waals surface area contributed by atoms with E-state index in [1.54, 1.807) is 0 Å². The Morgan fingerprint density at radius 3 is 2.67 bits per heavy atom. The first-order valence-corrected chi connectivity index (χ1v) is 7.05. The molecule has 3 rings (SSSR count). The number of rotatable bonds is 2. The van der Waals surface area contributed by atoms with Crippen LogP contribution in [0.4, 0.5) is 0 Å². The van der Waals surface area contributed by atoms with Crippen LogP contribution in [0.25, 0.3) is 6.08 Å². The first-order valence-electron chi connectivity index (χ1n) is 7.05. The van der Waals surface area contributed by atoms with Gasteiger partial charge in [0, 0.05) is 5.92 Å². The quantitative estimate of drug-likeness (QED) is 0.732. The average molecular weight is 244 g/mol. The Balaban J connectivity index is 1.75. The van der Waals surface area contributed by atoms with Crippen molar-refractivity contribution in [3.8, 4) is 0 Å². The highest BCUT2D eigenvalue weighted by atomic mass is 16.3. The second kappa shape index (κ2) is 4.75. The van der Waals surface area contributed by atoms with Crippen molar-refractivity contribution in [2.24, 2.45) is 11.8 Å². The molecule has 1 aromatic rings. The Morgan fingerprint density at radius 1 is 1.22 bits per heavy atom. The van der Waals surface area contributed by atoms with Crippen molar-refractivity contribution in [3.63, 3.8) is 0 Å². The zero-order valence-corrected chi connectivity index (χ0v) is 10.9. The third-order valence-corrected chi connectivity index (χ3v) is 4.42. The molecule has 0 radical (unpaired) electrons. The first kappa shape index (κ1) is 11.8. The highest BCUT2D eigenvalue weighted by Crippen LogP contribution is 2.40. The SMILES string of the molecule is Cc1ccc(C=C2CCC(C3CCCC3)C2=O)o1. The molecule has 1 atom stereocenters. The fourth-order valence-electron chi connectivity index (χ4n) is 3.46. The lowest BCUT2D eigenvalue weighted by Crippen LogP contribution is -2.16. The molecule has 0 spiro atoms. The Hall–Kier alpha value is -1.31. The molecule has 2 heteroatoms. The van der Waals surface area contributed by atoms with E-state index in [9.17, 15) is 4.79 Å². The van der Waals surface area contributed by atoms with Crippen LogP contribution in [0.3, 0.4) is 0 Å². The molecule has 2 saturated carbocycles. The van der Waals surface area contributed by atoms with Crippen molar-refractivity contribution in [2.45, 2.75) is 45.4 Å². The summed E-state index contributed by atoms with van der Waals surface area (Å²) in [5, 5.41) is 0. The summed E-state index contributed by atoms with van der Waals surface area (Å²) in [4.78, 5) is 12.4. The maximum absolute atomic E-state index is 12.4. The molecule has 0 bridgehead atoms. The zero-order chi connectivity index (χ0) is 12.5. The van der Waals surface area contributed by atoms with E-state index in [0.29, 0.717) is 17.6 Å². The lowest BCUT2D eigenvalue weighted by Gasteiger charge is -2.15. The number of hydrogen-bond donors (Lipinski definition) is 0. The number of hydrogen-bond acceptors (Lipinski definition) is 2. The molecule has 2 fully saturated rings. The lowest BCUT2D eigenvalue weighted by atomic mass is 9.88. The molecule has 2 aliphatic rings. The van der Waals surface area contributed by atoms with Gasteiger partial charge in [-0.3, -0.25) is 4.79 Å². The minimum atomic E-state index is 0.301. The predicted octanol–water partition coefficient (Wildman–Crippen LogP) is 4.14. The van der Waals surface area contributed by atoms with Crippen molar-refractivity contribution < 1.29 is 9.21 Å². The fraction of sp³-hybridized carbons (Fsp3) is 0.562. The van der Waals surface area contributed by atoms with E-state index < -0.39 is 0 Å². The highest BCUT2D eigenvalue weighted by molar-refractivity contribution is 6.03. The van der Waals surface area contributed by atoms with Gasteiger partial charge in [-0.1, -0.05) is 12.8 Å². The number of carbonyl (C=O) groups is 1. The molecule has 2 nitrogen and oxygen atoms in total. The van der Waals surface area contributed by atoms with Crippen molar-refractivity contribution in [2.75, 3.05) is 0 Å². The van der Waals surface area contributed by atoms with Crippen molar-refractivity contribution in [1.82, 2.24) is 0 Å². The molecule has 0 aromatic carbocycles. The number of ketones is 1. The fourth-order valence-corrected chi connectivity index (χ4v) is 3.46.